The van der Waals surface area contributed by atoms with E-state index in [1.165, 1.54) is 19.3 Å². The molecule has 2 aliphatic rings. The number of amides is 1. The highest BCUT2D eigenvalue weighted by atomic mass is 16.6. The topological polar surface area (TPSA) is 41.6 Å². The van der Waals surface area contributed by atoms with Crippen molar-refractivity contribution in [1.82, 2.24) is 10.2 Å². The molecule has 1 aromatic rings. The normalized spacial score (nSPS) is 25.8. The van der Waals surface area contributed by atoms with Crippen molar-refractivity contribution in [2.75, 3.05) is 26.2 Å². The molecule has 0 aromatic heterocycles. The lowest BCUT2D eigenvalue weighted by Gasteiger charge is -2.27. The van der Waals surface area contributed by atoms with Gasteiger partial charge < -0.3 is 15.0 Å². The summed E-state index contributed by atoms with van der Waals surface area (Å²) in [5.74, 6) is 0. The van der Waals surface area contributed by atoms with E-state index in [4.69, 9.17) is 4.74 Å². The summed E-state index contributed by atoms with van der Waals surface area (Å²) >= 11 is 0. The monoisotopic (exact) mass is 288 g/mol. The minimum Gasteiger partial charge on any atom is -0.445 e. The molecule has 2 aliphatic heterocycles. The zero-order chi connectivity index (χ0) is 14.5. The van der Waals surface area contributed by atoms with Crippen molar-refractivity contribution in [1.29, 1.82) is 0 Å². The Hall–Kier alpha value is -1.55. The second kappa shape index (κ2) is 6.48. The van der Waals surface area contributed by atoms with Crippen LogP contribution < -0.4 is 5.32 Å². The smallest absolute Gasteiger partial charge is 0.410 e. The molecule has 0 radical (unpaired) electrons. The van der Waals surface area contributed by atoms with Gasteiger partial charge in [-0.05, 0) is 31.4 Å². The molecular weight excluding hydrogens is 264 g/mol. The van der Waals surface area contributed by atoms with E-state index in [0.29, 0.717) is 6.61 Å². The number of nitrogens with one attached hydrogen (secondary N) is 1. The third-order valence-electron chi connectivity index (χ3n) is 4.71. The maximum absolute atomic E-state index is 12.2. The lowest BCUT2D eigenvalue weighted by molar-refractivity contribution is 0.0990. The Bertz CT molecular complexity index is 467. The summed E-state index contributed by atoms with van der Waals surface area (Å²) in [6, 6.07) is 9.85. The lowest BCUT2D eigenvalue weighted by Crippen LogP contribution is -2.37. The molecule has 0 aliphatic carbocycles. The van der Waals surface area contributed by atoms with Crippen LogP contribution in [0.4, 0.5) is 4.79 Å². The Morgan fingerprint density at radius 3 is 2.95 bits per heavy atom. The van der Waals surface area contributed by atoms with Crippen LogP contribution in [-0.4, -0.2) is 37.2 Å². The van der Waals surface area contributed by atoms with E-state index in [0.717, 1.165) is 38.2 Å². The summed E-state index contributed by atoms with van der Waals surface area (Å²) in [5.41, 5.74) is 1.32. The third kappa shape index (κ3) is 3.56. The van der Waals surface area contributed by atoms with E-state index in [-0.39, 0.29) is 11.5 Å². The van der Waals surface area contributed by atoms with Crippen molar-refractivity contribution in [3.05, 3.63) is 35.9 Å². The molecule has 114 valence electrons. The number of benzene rings is 1. The van der Waals surface area contributed by atoms with Crippen LogP contribution in [0.3, 0.4) is 0 Å². The number of ether oxygens (including phenoxy) is 1. The molecule has 1 aromatic carbocycles. The summed E-state index contributed by atoms with van der Waals surface area (Å²) in [4.78, 5) is 14.1. The van der Waals surface area contributed by atoms with Crippen LogP contribution in [0.5, 0.6) is 0 Å². The lowest BCUT2D eigenvalue weighted by atomic mass is 9.83. The first-order valence-corrected chi connectivity index (χ1v) is 7.94. The Morgan fingerprint density at radius 2 is 2.10 bits per heavy atom. The van der Waals surface area contributed by atoms with Crippen molar-refractivity contribution in [2.24, 2.45) is 5.41 Å². The first-order chi connectivity index (χ1) is 10.3. The zero-order valence-corrected chi connectivity index (χ0v) is 12.5. The molecule has 1 spiro atoms. The van der Waals surface area contributed by atoms with Crippen LogP contribution in [0, 0.1) is 5.41 Å². The van der Waals surface area contributed by atoms with Gasteiger partial charge in [-0.15, -0.1) is 0 Å². The van der Waals surface area contributed by atoms with Gasteiger partial charge in [0.2, 0.25) is 0 Å². The average molecular weight is 288 g/mol. The fourth-order valence-corrected chi connectivity index (χ4v) is 3.44. The predicted molar refractivity (Wildman–Crippen MR) is 82.0 cm³/mol. The summed E-state index contributed by atoms with van der Waals surface area (Å²) in [7, 11) is 0. The molecule has 21 heavy (non-hydrogen) atoms. The summed E-state index contributed by atoms with van der Waals surface area (Å²) in [5, 5.41) is 3.52. The van der Waals surface area contributed by atoms with Crippen molar-refractivity contribution in [3.8, 4) is 0 Å². The highest BCUT2D eigenvalue weighted by molar-refractivity contribution is 5.68. The van der Waals surface area contributed by atoms with Crippen LogP contribution in [0.15, 0.2) is 30.3 Å². The van der Waals surface area contributed by atoms with Gasteiger partial charge in [-0.25, -0.2) is 4.79 Å². The standard InChI is InChI=1S/C17H24N2O2/c20-16(21-12-15-6-2-1-3-7-15)19-11-9-17(14-19)8-4-5-10-18-13-17/h1-3,6-7,18H,4-5,8-14H2. The van der Waals surface area contributed by atoms with Gasteiger partial charge in [0.15, 0.2) is 0 Å². The average Bonchev–Trinajstić information content (AvgIpc) is 2.79. The van der Waals surface area contributed by atoms with E-state index in [2.05, 4.69) is 5.32 Å². The molecule has 4 nitrogen and oxygen atoms in total. The Kier molecular flexibility index (Phi) is 4.44. The van der Waals surface area contributed by atoms with Crippen LogP contribution in [-0.2, 0) is 11.3 Å². The fourth-order valence-electron chi connectivity index (χ4n) is 3.44. The maximum atomic E-state index is 12.2. The van der Waals surface area contributed by atoms with Gasteiger partial charge >= 0.3 is 6.09 Å². The largest absolute Gasteiger partial charge is 0.445 e. The van der Waals surface area contributed by atoms with Crippen LogP contribution >= 0.6 is 0 Å². The van der Waals surface area contributed by atoms with E-state index in [9.17, 15) is 4.79 Å². The number of likely N-dealkylation sites (tertiary alicyclic amines) is 1. The van der Waals surface area contributed by atoms with Gasteiger partial charge in [0, 0.05) is 25.0 Å². The SMILES string of the molecule is O=C(OCc1ccccc1)N1CCC2(CCCCNC2)C1. The summed E-state index contributed by atoms with van der Waals surface area (Å²) in [6.45, 7) is 4.18. The Labute approximate surface area is 126 Å². The van der Waals surface area contributed by atoms with Crippen LogP contribution in [0.25, 0.3) is 0 Å². The molecule has 2 fully saturated rings. The Balaban J connectivity index is 1.52. The van der Waals surface area contributed by atoms with E-state index in [1.807, 2.05) is 35.2 Å². The van der Waals surface area contributed by atoms with E-state index in [1.54, 1.807) is 0 Å². The number of carbonyl (C=O) groups is 1. The van der Waals surface area contributed by atoms with E-state index >= 15 is 0 Å². The van der Waals surface area contributed by atoms with Crippen molar-refractivity contribution < 1.29 is 9.53 Å². The second-order valence-electron chi connectivity index (χ2n) is 6.35. The molecule has 2 saturated heterocycles. The number of rotatable bonds is 2. The zero-order valence-electron chi connectivity index (χ0n) is 12.5. The van der Waals surface area contributed by atoms with Gasteiger partial charge in [0.1, 0.15) is 6.61 Å². The molecule has 1 N–H and O–H groups in total. The molecule has 3 rings (SSSR count). The van der Waals surface area contributed by atoms with Gasteiger partial charge in [-0.1, -0.05) is 36.8 Å². The third-order valence-corrected chi connectivity index (χ3v) is 4.71. The molecule has 2 heterocycles. The van der Waals surface area contributed by atoms with Gasteiger partial charge in [0.25, 0.3) is 0 Å². The highest BCUT2D eigenvalue weighted by Gasteiger charge is 2.40. The van der Waals surface area contributed by atoms with Crippen molar-refractivity contribution in [3.63, 3.8) is 0 Å². The number of carbonyl (C=O) groups excluding carboxylic acids is 1. The van der Waals surface area contributed by atoms with E-state index < -0.39 is 0 Å². The minimum absolute atomic E-state index is 0.167. The minimum atomic E-state index is -0.167. The predicted octanol–water partition coefficient (Wildman–Crippen LogP) is 2.79. The Morgan fingerprint density at radius 1 is 1.24 bits per heavy atom. The molecule has 0 saturated carbocycles. The number of nitrogens with zero attached hydrogens (tertiary/aromatic N) is 1. The fraction of sp³-hybridized carbons (Fsp3) is 0.588. The number of hydrogen-bond acceptors (Lipinski definition) is 3. The van der Waals surface area contributed by atoms with Crippen molar-refractivity contribution >= 4 is 6.09 Å². The first kappa shape index (κ1) is 14.4. The quantitative estimate of drug-likeness (QED) is 0.910. The highest BCUT2D eigenvalue weighted by Crippen LogP contribution is 2.36. The second-order valence-corrected chi connectivity index (χ2v) is 6.35. The van der Waals surface area contributed by atoms with Crippen molar-refractivity contribution in [2.45, 2.75) is 32.3 Å². The van der Waals surface area contributed by atoms with Crippen LogP contribution in [0.2, 0.25) is 0 Å². The van der Waals surface area contributed by atoms with Gasteiger partial charge in [0.05, 0.1) is 0 Å². The molecule has 0 bridgehead atoms. The molecule has 4 heteroatoms. The van der Waals surface area contributed by atoms with Crippen LogP contribution in [0.1, 0.15) is 31.2 Å². The molecule has 1 amide bonds. The summed E-state index contributed by atoms with van der Waals surface area (Å²) in [6.07, 6.45) is 4.67. The molecule has 1 atom stereocenters. The molecular formula is C17H24N2O2. The maximum Gasteiger partial charge on any atom is 0.410 e. The summed E-state index contributed by atoms with van der Waals surface area (Å²) < 4.78 is 5.44. The molecule has 1 unspecified atom stereocenters. The number of hydrogen-bond donors (Lipinski definition) is 1. The van der Waals surface area contributed by atoms with Gasteiger partial charge in [-0.3, -0.25) is 0 Å². The van der Waals surface area contributed by atoms with Gasteiger partial charge in [-0.2, -0.15) is 0 Å². The first-order valence-electron chi connectivity index (χ1n) is 7.94.